The Kier molecular flexibility index (Phi) is 1.50. The van der Waals surface area contributed by atoms with Crippen molar-refractivity contribution in [3.63, 3.8) is 0 Å². The number of hydrogen-bond acceptors (Lipinski definition) is 1. The van der Waals surface area contributed by atoms with Gasteiger partial charge in [-0.2, -0.15) is 0 Å². The average molecular weight is 125 g/mol. The third-order valence-corrected chi connectivity index (χ3v) is 0.422. The molecule has 0 aliphatic rings. The molecule has 0 aromatic heterocycles. The quantitative estimate of drug-likeness (QED) is 0.486. The topological polar surface area (TPSA) is 9.23 Å². The smallest absolute Gasteiger partial charge is 0.121 e. The molecule has 0 heterocycles. The lowest BCUT2D eigenvalue weighted by Crippen LogP contribution is -2.17. The van der Waals surface area contributed by atoms with Gasteiger partial charge in [0.2, 0.25) is 0 Å². The molecule has 0 fully saturated rings. The van der Waals surface area contributed by atoms with E-state index in [4.69, 9.17) is 19.1 Å². The van der Waals surface area contributed by atoms with E-state index in [9.17, 15) is 0 Å². The summed E-state index contributed by atoms with van der Waals surface area (Å²) in [6.45, 7) is 5.23. The van der Waals surface area contributed by atoms with E-state index in [1.165, 1.54) is 0 Å². The second kappa shape index (κ2) is 2.53. The normalized spacial score (nSPS) is 18.3. The third-order valence-electron chi connectivity index (χ3n) is 0.345. The van der Waals surface area contributed by atoms with Crippen molar-refractivity contribution >= 4 is 11.6 Å². The zero-order chi connectivity index (χ0) is 7.71. The Morgan fingerprint density at radius 1 is 1.71 bits per heavy atom. The molecule has 0 spiro atoms. The van der Waals surface area contributed by atoms with E-state index < -0.39 is 11.6 Å². The lowest BCUT2D eigenvalue weighted by Gasteiger charge is -2.16. The van der Waals surface area contributed by atoms with E-state index in [1.807, 2.05) is 0 Å². The molecule has 0 aliphatic heterocycles. The van der Waals surface area contributed by atoms with Crippen molar-refractivity contribution in [2.45, 2.75) is 26.4 Å². The van der Waals surface area contributed by atoms with Gasteiger partial charge in [-0.15, -0.1) is 0 Å². The highest BCUT2D eigenvalue weighted by molar-refractivity contribution is 6.17. The molecule has 0 unspecified atom stereocenters. The van der Waals surface area contributed by atoms with Gasteiger partial charge in [-0.1, -0.05) is 11.6 Å². The van der Waals surface area contributed by atoms with Crippen molar-refractivity contribution in [2.75, 3.05) is 6.02 Å². The Balaban J connectivity index is 3.75. The van der Waals surface area contributed by atoms with Gasteiger partial charge in [-0.05, 0) is 20.8 Å². The van der Waals surface area contributed by atoms with Crippen LogP contribution in [0.3, 0.4) is 0 Å². The highest BCUT2D eigenvalue weighted by Crippen LogP contribution is 2.05. The van der Waals surface area contributed by atoms with Crippen LogP contribution in [0.25, 0.3) is 0 Å². The fourth-order valence-electron chi connectivity index (χ4n) is 0.116. The fourth-order valence-corrected chi connectivity index (χ4v) is 0.347. The Morgan fingerprint density at radius 2 is 2.14 bits per heavy atom. The number of hydrogen-bond donors (Lipinski definition) is 0. The van der Waals surface area contributed by atoms with Crippen LogP contribution in [0.5, 0.6) is 0 Å². The van der Waals surface area contributed by atoms with E-state index in [0.717, 1.165) is 0 Å². The van der Waals surface area contributed by atoms with Crippen LogP contribution in [0.2, 0.25) is 0 Å². The first-order valence-electron chi connectivity index (χ1n) is 3.10. The van der Waals surface area contributed by atoms with Crippen LogP contribution in [0, 0.1) is 0 Å². The molecule has 0 atom stereocenters. The molecule has 2 heteroatoms. The van der Waals surface area contributed by atoms with E-state index in [1.54, 1.807) is 20.8 Å². The predicted octanol–water partition coefficient (Wildman–Crippen LogP) is 2.00. The predicted molar refractivity (Wildman–Crippen MR) is 31.6 cm³/mol. The van der Waals surface area contributed by atoms with E-state index in [2.05, 4.69) is 0 Å². The van der Waals surface area contributed by atoms with Crippen LogP contribution in [0.4, 0.5) is 0 Å². The number of halogens is 1. The average Bonchev–Trinajstić information content (AvgIpc) is 1.14. The summed E-state index contributed by atoms with van der Waals surface area (Å²) in [5.41, 5.74) is -0.523. The minimum Gasteiger partial charge on any atom is -0.360 e. The molecular weight excluding hydrogens is 112 g/mol. The molecule has 1 nitrogen and oxygen atoms in total. The van der Waals surface area contributed by atoms with Gasteiger partial charge in [-0.25, -0.2) is 0 Å². The summed E-state index contributed by atoms with van der Waals surface area (Å²) < 4.78 is 18.3. The molecule has 0 radical (unpaired) electrons. The first-order valence-corrected chi connectivity index (χ1v) is 2.48. The maximum atomic E-state index is 6.80. The molecule has 0 rings (SSSR count). The van der Waals surface area contributed by atoms with Crippen molar-refractivity contribution in [2.24, 2.45) is 0 Å². The molecule has 44 valence electrons. The van der Waals surface area contributed by atoms with Crippen LogP contribution >= 0.6 is 11.6 Å². The van der Waals surface area contributed by atoms with Crippen molar-refractivity contribution in [1.29, 1.82) is 0 Å². The molecule has 0 amide bonds. The third kappa shape index (κ3) is 6.25. The summed E-state index contributed by atoms with van der Waals surface area (Å²) in [6.07, 6.45) is 0. The molecule has 7 heavy (non-hydrogen) atoms. The number of ether oxygens (including phenoxy) is 1. The maximum absolute atomic E-state index is 6.80. The zero-order valence-electron chi connectivity index (χ0n) is 6.79. The number of rotatable bonds is 1. The van der Waals surface area contributed by atoms with E-state index in [0.29, 0.717) is 0 Å². The molecule has 0 aliphatic carbocycles. The monoisotopic (exact) mass is 124 g/mol. The molecular formula is C5H11ClO. The van der Waals surface area contributed by atoms with Gasteiger partial charge in [0.15, 0.2) is 0 Å². The van der Waals surface area contributed by atoms with Gasteiger partial charge in [0, 0.05) is 0 Å². The van der Waals surface area contributed by atoms with Gasteiger partial charge >= 0.3 is 0 Å². The highest BCUT2D eigenvalue weighted by Gasteiger charge is 2.07. The largest absolute Gasteiger partial charge is 0.360 e. The summed E-state index contributed by atoms with van der Waals surface area (Å²) in [5, 5.41) is 0. The Morgan fingerprint density at radius 3 is 2.14 bits per heavy atom. The van der Waals surface area contributed by atoms with Gasteiger partial charge < -0.3 is 4.74 Å². The molecule has 0 aromatic rings. The number of alkyl halides is 1. The van der Waals surface area contributed by atoms with Crippen LogP contribution < -0.4 is 0 Å². The van der Waals surface area contributed by atoms with Crippen molar-refractivity contribution < 1.29 is 7.48 Å². The summed E-state index contributed by atoms with van der Waals surface area (Å²) in [7, 11) is 0. The van der Waals surface area contributed by atoms with Crippen LogP contribution in [0.15, 0.2) is 0 Å². The molecule has 0 aromatic carbocycles. The molecule has 0 bridgehead atoms. The Hall–Kier alpha value is 0.250. The van der Waals surface area contributed by atoms with Crippen LogP contribution in [-0.4, -0.2) is 11.6 Å². The maximum Gasteiger partial charge on any atom is 0.121 e. The van der Waals surface area contributed by atoms with Crippen LogP contribution in [0.1, 0.15) is 23.5 Å². The van der Waals surface area contributed by atoms with Crippen molar-refractivity contribution in [3.05, 3.63) is 0 Å². The Labute approximate surface area is 52.4 Å². The summed E-state index contributed by atoms with van der Waals surface area (Å²) >= 11 is 5.13. The first-order chi connectivity index (χ1) is 3.71. The molecule has 0 saturated heterocycles. The highest BCUT2D eigenvalue weighted by atomic mass is 35.5. The Bertz CT molecular complexity index is 80.1. The zero-order valence-corrected chi connectivity index (χ0v) is 5.54. The lowest BCUT2D eigenvalue weighted by atomic mass is 10.2. The van der Waals surface area contributed by atoms with E-state index >= 15 is 0 Å². The summed E-state index contributed by atoms with van der Waals surface area (Å²) in [4.78, 5) is 0. The molecule has 0 N–H and O–H groups in total. The first kappa shape index (κ1) is 4.16. The second-order valence-corrected chi connectivity index (χ2v) is 2.45. The van der Waals surface area contributed by atoms with Crippen molar-refractivity contribution in [1.82, 2.24) is 0 Å². The van der Waals surface area contributed by atoms with Gasteiger partial charge in [0.25, 0.3) is 0 Å². The standard InChI is InChI=1S/C5H11ClO/c1-5(2,3)7-4-6/h4H2,1-3H3/i4D2. The van der Waals surface area contributed by atoms with Crippen LogP contribution in [-0.2, 0) is 4.74 Å². The SMILES string of the molecule is [2H]C([2H])(Cl)OC(C)(C)C. The second-order valence-electron chi connectivity index (χ2n) is 2.29. The minimum atomic E-state index is -2.04. The minimum absolute atomic E-state index is 0.523. The summed E-state index contributed by atoms with van der Waals surface area (Å²) in [6, 6.07) is -2.04. The van der Waals surface area contributed by atoms with Gasteiger partial charge in [0.1, 0.15) is 6.02 Å². The van der Waals surface area contributed by atoms with Crippen molar-refractivity contribution in [3.8, 4) is 0 Å². The lowest BCUT2D eigenvalue weighted by molar-refractivity contribution is 0.0262. The van der Waals surface area contributed by atoms with Gasteiger partial charge in [0.05, 0.1) is 8.34 Å². The van der Waals surface area contributed by atoms with Gasteiger partial charge in [-0.3, -0.25) is 0 Å². The fraction of sp³-hybridized carbons (Fsp3) is 1.00. The summed E-state index contributed by atoms with van der Waals surface area (Å²) in [5.74, 6) is 0. The molecule has 0 saturated carbocycles. The van der Waals surface area contributed by atoms with E-state index in [-0.39, 0.29) is 0 Å².